The van der Waals surface area contributed by atoms with Crippen LogP contribution in [0.3, 0.4) is 0 Å². The van der Waals surface area contributed by atoms with Crippen molar-refractivity contribution >= 4 is 34.8 Å². The highest BCUT2D eigenvalue weighted by Crippen LogP contribution is 2.19. The standard InChI is InChI=1S/C20H18FN5O2/c1-12-9-18(19(28)24-15-6-3-5-14(21)10-15)26-20(22-12)25-17-8-4-7-16(11-17)23-13(2)27/h3-11H,1-2H3,(H,23,27)(H,24,28)(H,22,25,26). The monoisotopic (exact) mass is 379 g/mol. The molecule has 0 aliphatic rings. The molecule has 0 saturated carbocycles. The number of aryl methyl sites for hydroxylation is 1. The number of rotatable bonds is 5. The van der Waals surface area contributed by atoms with Crippen molar-refractivity contribution < 1.29 is 14.0 Å². The van der Waals surface area contributed by atoms with Crippen LogP contribution in [-0.4, -0.2) is 21.8 Å². The molecular formula is C20H18FN5O2. The van der Waals surface area contributed by atoms with Gasteiger partial charge < -0.3 is 16.0 Å². The molecule has 142 valence electrons. The maximum atomic E-state index is 13.3. The number of nitrogens with one attached hydrogen (secondary N) is 3. The summed E-state index contributed by atoms with van der Waals surface area (Å²) >= 11 is 0. The fraction of sp³-hybridized carbons (Fsp3) is 0.100. The third-order valence-electron chi connectivity index (χ3n) is 3.61. The second kappa shape index (κ2) is 8.26. The summed E-state index contributed by atoms with van der Waals surface area (Å²) in [7, 11) is 0. The number of nitrogens with zero attached hydrogens (tertiary/aromatic N) is 2. The summed E-state index contributed by atoms with van der Waals surface area (Å²) in [5.41, 5.74) is 2.32. The zero-order valence-electron chi connectivity index (χ0n) is 15.3. The topological polar surface area (TPSA) is 96.0 Å². The molecule has 0 saturated heterocycles. The molecule has 0 atom stereocenters. The Morgan fingerprint density at radius 2 is 1.57 bits per heavy atom. The normalized spacial score (nSPS) is 10.2. The van der Waals surface area contributed by atoms with Gasteiger partial charge in [0.05, 0.1) is 0 Å². The van der Waals surface area contributed by atoms with Crippen molar-refractivity contribution in [1.82, 2.24) is 9.97 Å². The zero-order chi connectivity index (χ0) is 20.1. The van der Waals surface area contributed by atoms with Crippen LogP contribution in [0.15, 0.2) is 54.6 Å². The molecule has 0 aliphatic heterocycles. The van der Waals surface area contributed by atoms with Crippen LogP contribution < -0.4 is 16.0 Å². The average Bonchev–Trinajstić information content (AvgIpc) is 2.61. The van der Waals surface area contributed by atoms with Crippen LogP contribution in [0.25, 0.3) is 0 Å². The predicted molar refractivity (Wildman–Crippen MR) is 105 cm³/mol. The molecule has 2 amide bonds. The van der Waals surface area contributed by atoms with Gasteiger partial charge in [-0.1, -0.05) is 12.1 Å². The fourth-order valence-electron chi connectivity index (χ4n) is 2.51. The Morgan fingerprint density at radius 3 is 2.29 bits per heavy atom. The molecule has 0 unspecified atom stereocenters. The van der Waals surface area contributed by atoms with Crippen LogP contribution in [0, 0.1) is 12.7 Å². The molecule has 3 aromatic rings. The highest BCUT2D eigenvalue weighted by molar-refractivity contribution is 6.03. The van der Waals surface area contributed by atoms with Crippen LogP contribution in [0.2, 0.25) is 0 Å². The number of anilines is 4. The minimum Gasteiger partial charge on any atom is -0.326 e. The molecule has 3 N–H and O–H groups in total. The molecule has 1 heterocycles. The van der Waals surface area contributed by atoms with Gasteiger partial charge in [-0.3, -0.25) is 9.59 Å². The van der Waals surface area contributed by atoms with Gasteiger partial charge in [0.15, 0.2) is 0 Å². The van der Waals surface area contributed by atoms with E-state index in [9.17, 15) is 14.0 Å². The van der Waals surface area contributed by atoms with E-state index in [-0.39, 0.29) is 17.5 Å². The van der Waals surface area contributed by atoms with Crippen molar-refractivity contribution in [3.8, 4) is 0 Å². The van der Waals surface area contributed by atoms with E-state index < -0.39 is 11.7 Å². The van der Waals surface area contributed by atoms with E-state index >= 15 is 0 Å². The number of aromatic nitrogens is 2. The van der Waals surface area contributed by atoms with Crippen molar-refractivity contribution in [1.29, 1.82) is 0 Å². The number of hydrogen-bond acceptors (Lipinski definition) is 5. The van der Waals surface area contributed by atoms with Gasteiger partial charge in [0, 0.05) is 29.7 Å². The Labute approximate surface area is 161 Å². The van der Waals surface area contributed by atoms with E-state index in [2.05, 4.69) is 25.9 Å². The van der Waals surface area contributed by atoms with Crippen molar-refractivity contribution in [3.63, 3.8) is 0 Å². The number of amides is 2. The van der Waals surface area contributed by atoms with Gasteiger partial charge in [0.1, 0.15) is 11.5 Å². The number of hydrogen-bond donors (Lipinski definition) is 3. The maximum absolute atomic E-state index is 13.3. The van der Waals surface area contributed by atoms with Gasteiger partial charge in [-0.25, -0.2) is 14.4 Å². The summed E-state index contributed by atoms with van der Waals surface area (Å²) in [6.45, 7) is 3.16. The van der Waals surface area contributed by atoms with Crippen molar-refractivity contribution in [3.05, 3.63) is 71.8 Å². The number of carbonyl (C=O) groups excluding carboxylic acids is 2. The molecule has 0 bridgehead atoms. The van der Waals surface area contributed by atoms with Crippen LogP contribution in [0.5, 0.6) is 0 Å². The fourth-order valence-corrected chi connectivity index (χ4v) is 2.51. The summed E-state index contributed by atoms with van der Waals surface area (Å²) in [6.07, 6.45) is 0. The lowest BCUT2D eigenvalue weighted by molar-refractivity contribution is -0.114. The van der Waals surface area contributed by atoms with Crippen LogP contribution in [-0.2, 0) is 4.79 Å². The molecule has 7 nitrogen and oxygen atoms in total. The molecule has 3 rings (SSSR count). The summed E-state index contributed by atoms with van der Waals surface area (Å²) in [4.78, 5) is 32.1. The van der Waals surface area contributed by atoms with E-state index in [1.165, 1.54) is 31.2 Å². The molecule has 0 aliphatic carbocycles. The Morgan fingerprint density at radius 1 is 0.893 bits per heavy atom. The highest BCUT2D eigenvalue weighted by Gasteiger charge is 2.12. The van der Waals surface area contributed by atoms with Gasteiger partial charge >= 0.3 is 0 Å². The minimum atomic E-state index is -0.480. The first-order valence-corrected chi connectivity index (χ1v) is 8.46. The predicted octanol–water partition coefficient (Wildman–Crippen LogP) is 3.88. The molecular weight excluding hydrogens is 361 g/mol. The van der Waals surface area contributed by atoms with Crippen LogP contribution in [0.4, 0.5) is 27.4 Å². The lowest BCUT2D eigenvalue weighted by atomic mass is 10.2. The van der Waals surface area contributed by atoms with Crippen LogP contribution in [0.1, 0.15) is 23.1 Å². The Hall–Kier alpha value is -3.81. The van der Waals surface area contributed by atoms with Gasteiger partial charge in [0.25, 0.3) is 5.91 Å². The zero-order valence-corrected chi connectivity index (χ0v) is 15.3. The number of benzene rings is 2. The van der Waals surface area contributed by atoms with E-state index in [0.717, 1.165) is 0 Å². The number of halogens is 1. The first-order chi connectivity index (χ1) is 13.4. The largest absolute Gasteiger partial charge is 0.326 e. The van der Waals surface area contributed by atoms with Gasteiger partial charge in [-0.05, 0) is 49.4 Å². The maximum Gasteiger partial charge on any atom is 0.274 e. The molecule has 1 aromatic heterocycles. The van der Waals surface area contributed by atoms with E-state index in [1.54, 1.807) is 37.3 Å². The van der Waals surface area contributed by atoms with Crippen molar-refractivity contribution in [2.45, 2.75) is 13.8 Å². The highest BCUT2D eigenvalue weighted by atomic mass is 19.1. The van der Waals surface area contributed by atoms with Gasteiger partial charge in [-0.2, -0.15) is 0 Å². The molecule has 8 heteroatoms. The summed E-state index contributed by atoms with van der Waals surface area (Å²) < 4.78 is 13.3. The third kappa shape index (κ3) is 5.10. The van der Waals surface area contributed by atoms with E-state index in [4.69, 9.17) is 0 Å². The van der Waals surface area contributed by atoms with Crippen molar-refractivity contribution in [2.24, 2.45) is 0 Å². The van der Waals surface area contributed by atoms with Gasteiger partial charge in [0.2, 0.25) is 11.9 Å². The third-order valence-corrected chi connectivity index (χ3v) is 3.61. The molecule has 2 aromatic carbocycles. The van der Waals surface area contributed by atoms with E-state index in [0.29, 0.717) is 22.8 Å². The second-order valence-electron chi connectivity index (χ2n) is 6.07. The smallest absolute Gasteiger partial charge is 0.274 e. The first kappa shape index (κ1) is 19.0. The lowest BCUT2D eigenvalue weighted by Gasteiger charge is -2.10. The summed E-state index contributed by atoms with van der Waals surface area (Å²) in [5.74, 6) is -0.881. The van der Waals surface area contributed by atoms with E-state index in [1.807, 2.05) is 0 Å². The lowest BCUT2D eigenvalue weighted by Crippen LogP contribution is -2.15. The quantitative estimate of drug-likeness (QED) is 0.625. The minimum absolute atomic E-state index is 0.136. The molecule has 0 radical (unpaired) electrons. The molecule has 0 fully saturated rings. The number of carbonyl (C=O) groups is 2. The van der Waals surface area contributed by atoms with Gasteiger partial charge in [-0.15, -0.1) is 0 Å². The summed E-state index contributed by atoms with van der Waals surface area (Å²) in [5, 5.41) is 8.31. The Kier molecular flexibility index (Phi) is 5.59. The first-order valence-electron chi connectivity index (χ1n) is 8.46. The Bertz CT molecular complexity index is 1040. The molecule has 28 heavy (non-hydrogen) atoms. The van der Waals surface area contributed by atoms with Crippen molar-refractivity contribution in [2.75, 3.05) is 16.0 Å². The summed E-state index contributed by atoms with van der Waals surface area (Å²) in [6, 6.07) is 14.2. The molecule has 0 spiro atoms. The SMILES string of the molecule is CC(=O)Nc1cccc(Nc2nc(C)cc(C(=O)Nc3cccc(F)c3)n2)c1. The Balaban J connectivity index is 1.79. The van der Waals surface area contributed by atoms with Crippen LogP contribution >= 0.6 is 0 Å². The average molecular weight is 379 g/mol. The second-order valence-corrected chi connectivity index (χ2v) is 6.07.